The summed E-state index contributed by atoms with van der Waals surface area (Å²) in [5.74, 6) is -5.89. The van der Waals surface area contributed by atoms with Crippen LogP contribution in [0.4, 0.5) is 0 Å². The van der Waals surface area contributed by atoms with Crippen LogP contribution in [-0.2, 0) is 14.4 Å². The average molecular weight is 400 g/mol. The highest BCUT2D eigenvalue weighted by molar-refractivity contribution is 6.32. The topological polar surface area (TPSA) is 185 Å². The van der Waals surface area contributed by atoms with Gasteiger partial charge in [0.25, 0.3) is 0 Å². The number of methoxy groups -OCH3 is 2. The summed E-state index contributed by atoms with van der Waals surface area (Å²) in [6, 6.07) is 2.50. The first-order valence-electron chi connectivity index (χ1n) is 7.76. The molecule has 0 amide bonds. The quantitative estimate of drug-likeness (QED) is 0.328. The third-order valence-corrected chi connectivity index (χ3v) is 3.27. The van der Waals surface area contributed by atoms with Gasteiger partial charge in [-0.2, -0.15) is 0 Å². The Morgan fingerprint density at radius 1 is 0.821 bits per heavy atom. The molecule has 0 aliphatic heterocycles. The van der Waals surface area contributed by atoms with Crippen molar-refractivity contribution >= 4 is 29.7 Å². The smallest absolute Gasteiger partial charge is 0.372 e. The van der Waals surface area contributed by atoms with E-state index in [1.165, 1.54) is 20.3 Å². The third-order valence-electron chi connectivity index (χ3n) is 3.27. The number of carbonyl (C=O) groups excluding carboxylic acids is 1. The lowest BCUT2D eigenvalue weighted by Crippen LogP contribution is -2.11. The Balaban J connectivity index is 0.000000546. The number of aromatic carboxylic acids is 2. The fraction of sp³-hybridized carbons (Fsp3) is 0.353. The van der Waals surface area contributed by atoms with Crippen molar-refractivity contribution in [3.8, 4) is 11.5 Å². The van der Waals surface area contributed by atoms with Crippen LogP contribution in [0.25, 0.3) is 0 Å². The molecule has 0 spiro atoms. The summed E-state index contributed by atoms with van der Waals surface area (Å²) in [5, 5.41) is 34.1. The van der Waals surface area contributed by atoms with Gasteiger partial charge >= 0.3 is 23.9 Å². The van der Waals surface area contributed by atoms with Crippen LogP contribution in [0.1, 0.15) is 46.4 Å². The molecule has 4 N–H and O–H groups in total. The minimum Gasteiger partial charge on any atom is -0.493 e. The van der Waals surface area contributed by atoms with Crippen LogP contribution in [0, 0.1) is 0 Å². The van der Waals surface area contributed by atoms with Crippen molar-refractivity contribution in [2.45, 2.75) is 25.7 Å². The maximum Gasteiger partial charge on any atom is 0.372 e. The Morgan fingerprint density at radius 3 is 1.79 bits per heavy atom. The van der Waals surface area contributed by atoms with E-state index in [0.29, 0.717) is 12.8 Å². The summed E-state index contributed by atoms with van der Waals surface area (Å²) in [7, 11) is 2.58. The van der Waals surface area contributed by atoms with E-state index in [-0.39, 0.29) is 29.9 Å². The van der Waals surface area contributed by atoms with Crippen LogP contribution in [0.2, 0.25) is 0 Å². The minimum absolute atomic E-state index is 0.0209. The third kappa shape index (κ3) is 7.72. The molecule has 1 aromatic rings. The summed E-state index contributed by atoms with van der Waals surface area (Å²) in [6.45, 7) is 0. The zero-order valence-electron chi connectivity index (χ0n) is 15.1. The molecule has 0 aromatic heterocycles. The molecule has 28 heavy (non-hydrogen) atoms. The van der Waals surface area contributed by atoms with Gasteiger partial charge in [-0.1, -0.05) is 0 Å². The Labute approximate surface area is 159 Å². The van der Waals surface area contributed by atoms with Crippen LogP contribution in [0.5, 0.6) is 11.5 Å². The number of ether oxygens (including phenoxy) is 2. The molecule has 0 radical (unpaired) electrons. The van der Waals surface area contributed by atoms with Gasteiger partial charge in [-0.05, 0) is 25.0 Å². The highest BCUT2D eigenvalue weighted by Gasteiger charge is 2.24. The second-order valence-electron chi connectivity index (χ2n) is 5.16. The highest BCUT2D eigenvalue weighted by Crippen LogP contribution is 2.33. The van der Waals surface area contributed by atoms with E-state index in [1.807, 2.05) is 0 Å². The van der Waals surface area contributed by atoms with Crippen molar-refractivity contribution < 1.29 is 53.9 Å². The predicted octanol–water partition coefficient (Wildman–Crippen LogP) is 1.39. The lowest BCUT2D eigenvalue weighted by Gasteiger charge is -2.11. The van der Waals surface area contributed by atoms with Crippen molar-refractivity contribution in [1.29, 1.82) is 0 Å². The first-order valence-corrected chi connectivity index (χ1v) is 7.76. The zero-order valence-corrected chi connectivity index (χ0v) is 15.1. The van der Waals surface area contributed by atoms with Crippen molar-refractivity contribution in [2.24, 2.45) is 0 Å². The average Bonchev–Trinajstić information content (AvgIpc) is 2.63. The fourth-order valence-electron chi connectivity index (χ4n) is 1.99. The molecule has 0 saturated heterocycles. The highest BCUT2D eigenvalue weighted by atomic mass is 16.5. The van der Waals surface area contributed by atoms with E-state index in [2.05, 4.69) is 0 Å². The first-order chi connectivity index (χ1) is 13.1. The predicted molar refractivity (Wildman–Crippen MR) is 92.2 cm³/mol. The van der Waals surface area contributed by atoms with E-state index >= 15 is 0 Å². The van der Waals surface area contributed by atoms with Crippen molar-refractivity contribution in [3.05, 3.63) is 23.3 Å². The Kier molecular flexibility index (Phi) is 10.3. The maximum absolute atomic E-state index is 11.0. The lowest BCUT2D eigenvalue weighted by molar-refractivity contribution is -0.149. The molecule has 0 fully saturated rings. The Bertz CT molecular complexity index is 752. The molecule has 0 aliphatic carbocycles. The van der Waals surface area contributed by atoms with Gasteiger partial charge in [0.05, 0.1) is 19.8 Å². The van der Waals surface area contributed by atoms with Gasteiger partial charge in [-0.3, -0.25) is 9.59 Å². The molecule has 0 atom stereocenters. The van der Waals surface area contributed by atoms with Crippen molar-refractivity contribution in [2.75, 3.05) is 14.2 Å². The molecule has 0 saturated carbocycles. The normalized spacial score (nSPS) is 9.50. The number of hydrogen-bond donors (Lipinski definition) is 4. The Hall–Kier alpha value is -3.63. The SMILES string of the molecule is COc1ccc(C(=O)O)c(C(=O)O)c1OC.O=C(O)CCCCC(=O)C(=O)O. The van der Waals surface area contributed by atoms with Crippen molar-refractivity contribution in [1.82, 2.24) is 0 Å². The monoisotopic (exact) mass is 400 g/mol. The molecule has 0 aliphatic rings. The number of carbonyl (C=O) groups is 5. The molecule has 0 heterocycles. The van der Waals surface area contributed by atoms with Crippen LogP contribution in [-0.4, -0.2) is 64.3 Å². The second-order valence-corrected chi connectivity index (χ2v) is 5.16. The Morgan fingerprint density at radius 2 is 1.39 bits per heavy atom. The van der Waals surface area contributed by atoms with Gasteiger partial charge < -0.3 is 29.9 Å². The van der Waals surface area contributed by atoms with Gasteiger partial charge in [0.15, 0.2) is 11.5 Å². The number of hydrogen-bond acceptors (Lipinski definition) is 7. The maximum atomic E-state index is 11.0. The van der Waals surface area contributed by atoms with Gasteiger partial charge in [-0.15, -0.1) is 0 Å². The van der Waals surface area contributed by atoms with Gasteiger partial charge in [0.1, 0.15) is 5.56 Å². The number of benzene rings is 1. The van der Waals surface area contributed by atoms with E-state index in [1.54, 1.807) is 0 Å². The van der Waals surface area contributed by atoms with Crippen LogP contribution in [0.15, 0.2) is 12.1 Å². The van der Waals surface area contributed by atoms with Crippen LogP contribution < -0.4 is 9.47 Å². The largest absolute Gasteiger partial charge is 0.493 e. The number of rotatable bonds is 10. The van der Waals surface area contributed by atoms with E-state index < -0.39 is 35.2 Å². The molecular formula is C17H20O11. The van der Waals surface area contributed by atoms with Crippen LogP contribution in [0.3, 0.4) is 0 Å². The van der Waals surface area contributed by atoms with E-state index in [0.717, 1.165) is 6.07 Å². The van der Waals surface area contributed by atoms with E-state index in [4.69, 9.17) is 29.9 Å². The number of Topliss-reactive ketones (excluding diaryl/α,β-unsaturated/α-hetero) is 1. The molecule has 1 aromatic carbocycles. The summed E-state index contributed by atoms with van der Waals surface area (Å²) in [5.41, 5.74) is -0.764. The molecule has 0 bridgehead atoms. The molecule has 1 rings (SSSR count). The summed E-state index contributed by atoms with van der Waals surface area (Å²) >= 11 is 0. The summed E-state index contributed by atoms with van der Waals surface area (Å²) in [6.07, 6.45) is 0.557. The standard InChI is InChI=1S/C10H10O6.C7H10O5/c1-15-6-4-3-5(9(11)12)7(10(13)14)8(6)16-2;8-5(7(11)12)3-1-2-4-6(9)10/h3-4H,1-2H3,(H,11,12)(H,13,14);1-4H2,(H,9,10)(H,11,12). The van der Waals surface area contributed by atoms with Gasteiger partial charge in [-0.25, -0.2) is 14.4 Å². The summed E-state index contributed by atoms with van der Waals surface area (Å²) < 4.78 is 9.73. The molecule has 154 valence electrons. The summed E-state index contributed by atoms with van der Waals surface area (Å²) in [4.78, 5) is 52.2. The van der Waals surface area contributed by atoms with Gasteiger partial charge in [0.2, 0.25) is 5.78 Å². The molecule has 11 nitrogen and oxygen atoms in total. The number of carboxylic acids is 4. The second kappa shape index (κ2) is 11.9. The zero-order chi connectivity index (χ0) is 21.9. The van der Waals surface area contributed by atoms with Crippen LogP contribution >= 0.6 is 0 Å². The van der Waals surface area contributed by atoms with E-state index in [9.17, 15) is 24.0 Å². The number of ketones is 1. The van der Waals surface area contributed by atoms with Crippen molar-refractivity contribution in [3.63, 3.8) is 0 Å². The van der Waals surface area contributed by atoms with Gasteiger partial charge in [0, 0.05) is 12.8 Å². The number of carboxylic acid groups (broad SMARTS) is 4. The first kappa shape index (κ1) is 24.4. The fourth-order valence-corrected chi connectivity index (χ4v) is 1.99. The molecule has 0 unspecified atom stereocenters. The number of aliphatic carboxylic acids is 2. The number of unbranched alkanes of at least 4 members (excludes halogenated alkanes) is 1. The lowest BCUT2D eigenvalue weighted by atomic mass is 10.1. The minimum atomic E-state index is -1.45. The molecule has 11 heteroatoms. The molecular weight excluding hydrogens is 380 g/mol.